The van der Waals surface area contributed by atoms with Crippen LogP contribution >= 0.6 is 11.3 Å². The number of piperidine rings is 1. The Bertz CT molecular complexity index is 553. The Kier molecular flexibility index (Phi) is 8.42. The second-order valence-corrected chi connectivity index (χ2v) is 8.96. The zero-order chi connectivity index (χ0) is 18.9. The zero-order valence-electron chi connectivity index (χ0n) is 17.1. The Labute approximate surface area is 169 Å². The molecule has 2 atom stereocenters. The van der Waals surface area contributed by atoms with Gasteiger partial charge in [0.1, 0.15) is 0 Å². The first-order chi connectivity index (χ1) is 13.3. The number of guanidine groups is 1. The number of hydrogen-bond acceptors (Lipinski definition) is 4. The highest BCUT2D eigenvalue weighted by molar-refractivity contribution is 7.10. The van der Waals surface area contributed by atoms with Gasteiger partial charge >= 0.3 is 0 Å². The van der Waals surface area contributed by atoms with E-state index < -0.39 is 0 Å². The van der Waals surface area contributed by atoms with Crippen molar-refractivity contribution >= 4 is 17.3 Å². The topological polar surface area (TPSA) is 42.9 Å². The van der Waals surface area contributed by atoms with Crippen molar-refractivity contribution in [3.05, 3.63) is 22.4 Å². The fraction of sp³-hybridized carbons (Fsp3) is 0.762. The molecule has 2 fully saturated rings. The lowest BCUT2D eigenvalue weighted by molar-refractivity contribution is 0.125. The first kappa shape index (κ1) is 20.6. The fourth-order valence-corrected chi connectivity index (χ4v) is 5.49. The molecule has 0 spiro atoms. The Morgan fingerprint density at radius 1 is 1.19 bits per heavy atom. The number of aliphatic imine (C=N–C) groups is 1. The van der Waals surface area contributed by atoms with Gasteiger partial charge in [-0.3, -0.25) is 9.89 Å². The summed E-state index contributed by atoms with van der Waals surface area (Å²) < 4.78 is 0. The standard InChI is InChI=1S/C21H37N5S/c1-22-21(23-11-3-4-13-26-14-5-6-15-26)24-17-18-9-7-12-25(2)20(18)19-10-8-16-27-19/h8,10,16,18,20H,3-7,9,11-15,17H2,1-2H3,(H2,22,23,24). The SMILES string of the molecule is CN=C(NCCCCN1CCCC1)NCC1CCCN(C)C1c1cccs1. The summed E-state index contributed by atoms with van der Waals surface area (Å²) in [5.74, 6) is 1.59. The quantitative estimate of drug-likeness (QED) is 0.406. The molecule has 0 amide bonds. The van der Waals surface area contributed by atoms with Crippen molar-refractivity contribution in [2.45, 2.75) is 44.6 Å². The van der Waals surface area contributed by atoms with Crippen LogP contribution in [0.3, 0.4) is 0 Å². The lowest BCUT2D eigenvalue weighted by Crippen LogP contribution is -2.45. The van der Waals surface area contributed by atoms with E-state index in [1.807, 2.05) is 18.4 Å². The maximum Gasteiger partial charge on any atom is 0.190 e. The van der Waals surface area contributed by atoms with Gasteiger partial charge in [0.15, 0.2) is 5.96 Å². The third-order valence-corrected chi connectivity index (χ3v) is 6.93. The maximum atomic E-state index is 4.43. The summed E-state index contributed by atoms with van der Waals surface area (Å²) in [6.07, 6.45) is 7.83. The molecule has 5 nitrogen and oxygen atoms in total. The predicted molar refractivity (Wildman–Crippen MR) is 117 cm³/mol. The van der Waals surface area contributed by atoms with Gasteiger partial charge in [0.05, 0.1) is 0 Å². The average Bonchev–Trinajstić information content (AvgIpc) is 3.38. The normalized spacial score (nSPS) is 25.0. The smallest absolute Gasteiger partial charge is 0.190 e. The number of likely N-dealkylation sites (tertiary alicyclic amines) is 2. The van der Waals surface area contributed by atoms with Gasteiger partial charge in [-0.25, -0.2) is 0 Å². The summed E-state index contributed by atoms with van der Waals surface area (Å²) in [4.78, 5) is 11.0. The van der Waals surface area contributed by atoms with E-state index in [9.17, 15) is 0 Å². The Morgan fingerprint density at radius 3 is 2.78 bits per heavy atom. The molecular weight excluding hydrogens is 354 g/mol. The van der Waals surface area contributed by atoms with Crippen LogP contribution in [0.1, 0.15) is 49.4 Å². The number of rotatable bonds is 8. The molecule has 3 rings (SSSR count). The molecular formula is C21H37N5S. The summed E-state index contributed by atoms with van der Waals surface area (Å²) in [5.41, 5.74) is 0. The number of hydrogen-bond donors (Lipinski definition) is 2. The van der Waals surface area contributed by atoms with E-state index in [1.165, 1.54) is 69.6 Å². The number of thiophene rings is 1. The molecule has 0 aliphatic carbocycles. The molecule has 2 saturated heterocycles. The lowest BCUT2D eigenvalue weighted by Gasteiger charge is -2.39. The minimum Gasteiger partial charge on any atom is -0.356 e. The van der Waals surface area contributed by atoms with Crippen molar-refractivity contribution in [2.24, 2.45) is 10.9 Å². The molecule has 2 aliphatic rings. The molecule has 1 aromatic rings. The minimum absolute atomic E-state index is 0.532. The first-order valence-corrected chi connectivity index (χ1v) is 11.6. The molecule has 2 aliphatic heterocycles. The largest absolute Gasteiger partial charge is 0.356 e. The summed E-state index contributed by atoms with van der Waals surface area (Å²) in [5, 5.41) is 9.29. The second kappa shape index (κ2) is 11.0. The van der Waals surface area contributed by atoms with Crippen LogP contribution < -0.4 is 10.6 Å². The fourth-order valence-electron chi connectivity index (χ4n) is 4.50. The third kappa shape index (κ3) is 6.19. The van der Waals surface area contributed by atoms with Crippen molar-refractivity contribution in [1.29, 1.82) is 0 Å². The van der Waals surface area contributed by atoms with Crippen LogP contribution in [0.4, 0.5) is 0 Å². The van der Waals surface area contributed by atoms with Crippen molar-refractivity contribution in [3.63, 3.8) is 0 Å². The summed E-state index contributed by atoms with van der Waals surface area (Å²) in [6, 6.07) is 5.00. The van der Waals surface area contributed by atoms with Crippen molar-refractivity contribution in [2.75, 3.05) is 53.4 Å². The second-order valence-electron chi connectivity index (χ2n) is 7.98. The van der Waals surface area contributed by atoms with Gasteiger partial charge in [-0.15, -0.1) is 11.3 Å². The van der Waals surface area contributed by atoms with E-state index in [2.05, 4.69) is 50.0 Å². The van der Waals surface area contributed by atoms with E-state index in [0.717, 1.165) is 19.0 Å². The van der Waals surface area contributed by atoms with E-state index in [-0.39, 0.29) is 0 Å². The third-order valence-electron chi connectivity index (χ3n) is 5.99. The molecule has 2 unspecified atom stereocenters. The van der Waals surface area contributed by atoms with Crippen LogP contribution in [0.25, 0.3) is 0 Å². The molecule has 3 heterocycles. The number of nitrogens with zero attached hydrogens (tertiary/aromatic N) is 3. The lowest BCUT2D eigenvalue weighted by atomic mass is 9.88. The Hall–Kier alpha value is -1.11. The highest BCUT2D eigenvalue weighted by Gasteiger charge is 2.31. The van der Waals surface area contributed by atoms with E-state index >= 15 is 0 Å². The molecule has 6 heteroatoms. The van der Waals surface area contributed by atoms with Crippen molar-refractivity contribution in [3.8, 4) is 0 Å². The van der Waals surface area contributed by atoms with E-state index in [4.69, 9.17) is 0 Å². The molecule has 1 aromatic heterocycles. The van der Waals surface area contributed by atoms with Gasteiger partial charge < -0.3 is 15.5 Å². The molecule has 0 saturated carbocycles. The molecule has 2 N–H and O–H groups in total. The molecule has 27 heavy (non-hydrogen) atoms. The average molecular weight is 392 g/mol. The number of nitrogens with one attached hydrogen (secondary N) is 2. The van der Waals surface area contributed by atoms with Crippen molar-refractivity contribution in [1.82, 2.24) is 20.4 Å². The Balaban J connectivity index is 1.38. The van der Waals surface area contributed by atoms with Gasteiger partial charge in [-0.1, -0.05) is 6.07 Å². The van der Waals surface area contributed by atoms with Crippen LogP contribution in [0.5, 0.6) is 0 Å². The van der Waals surface area contributed by atoms with Crippen LogP contribution in [0.15, 0.2) is 22.5 Å². The monoisotopic (exact) mass is 391 g/mol. The highest BCUT2D eigenvalue weighted by atomic mass is 32.1. The van der Waals surface area contributed by atoms with E-state index in [0.29, 0.717) is 12.0 Å². The summed E-state index contributed by atoms with van der Waals surface area (Å²) in [7, 11) is 4.15. The van der Waals surface area contributed by atoms with Gasteiger partial charge in [0.25, 0.3) is 0 Å². The van der Waals surface area contributed by atoms with Gasteiger partial charge in [-0.2, -0.15) is 0 Å². The zero-order valence-corrected chi connectivity index (χ0v) is 17.9. The summed E-state index contributed by atoms with van der Waals surface area (Å²) >= 11 is 1.89. The van der Waals surface area contributed by atoms with Crippen LogP contribution in [0.2, 0.25) is 0 Å². The molecule has 152 valence electrons. The first-order valence-electron chi connectivity index (χ1n) is 10.7. The maximum absolute atomic E-state index is 4.43. The van der Waals surface area contributed by atoms with Gasteiger partial charge in [0, 0.05) is 31.1 Å². The van der Waals surface area contributed by atoms with Crippen LogP contribution in [-0.4, -0.2) is 69.1 Å². The summed E-state index contributed by atoms with van der Waals surface area (Å²) in [6.45, 7) is 7.05. The molecule has 0 bridgehead atoms. The predicted octanol–water partition coefficient (Wildman–Crippen LogP) is 3.17. The minimum atomic E-state index is 0.532. The molecule has 0 radical (unpaired) electrons. The Morgan fingerprint density at radius 2 is 2.04 bits per heavy atom. The van der Waals surface area contributed by atoms with E-state index in [1.54, 1.807) is 0 Å². The van der Waals surface area contributed by atoms with Crippen LogP contribution in [0, 0.1) is 5.92 Å². The van der Waals surface area contributed by atoms with Gasteiger partial charge in [0.2, 0.25) is 0 Å². The molecule has 0 aromatic carbocycles. The van der Waals surface area contributed by atoms with Gasteiger partial charge in [-0.05, 0) is 89.1 Å². The number of unbranched alkanes of at least 4 members (excludes halogenated alkanes) is 1. The van der Waals surface area contributed by atoms with Crippen molar-refractivity contribution < 1.29 is 0 Å². The van der Waals surface area contributed by atoms with Crippen LogP contribution in [-0.2, 0) is 0 Å². The highest BCUT2D eigenvalue weighted by Crippen LogP contribution is 2.36.